The summed E-state index contributed by atoms with van der Waals surface area (Å²) in [6, 6.07) is 9.23. The highest BCUT2D eigenvalue weighted by Gasteiger charge is 2.16. The fourth-order valence-corrected chi connectivity index (χ4v) is 4.59. The summed E-state index contributed by atoms with van der Waals surface area (Å²) >= 11 is 12.8. The van der Waals surface area contributed by atoms with Gasteiger partial charge in [-0.05, 0) is 48.9 Å². The molecule has 6 nitrogen and oxygen atoms in total. The predicted octanol–water partition coefficient (Wildman–Crippen LogP) is 4.96. The molecule has 0 radical (unpaired) electrons. The van der Waals surface area contributed by atoms with Gasteiger partial charge in [0.2, 0.25) is 5.91 Å². The van der Waals surface area contributed by atoms with Gasteiger partial charge in [-0.25, -0.2) is 17.8 Å². The third-order valence-corrected chi connectivity index (χ3v) is 6.74. The molecule has 0 saturated heterocycles. The summed E-state index contributed by atoms with van der Waals surface area (Å²) < 4.78 is 39.9. The first kappa shape index (κ1) is 21.5. The second-order valence-corrected chi connectivity index (χ2v) is 9.24. The maximum absolute atomic E-state index is 13.0. The molecule has 3 aromatic rings. The Bertz CT molecular complexity index is 1140. The molecule has 0 fully saturated rings. The van der Waals surface area contributed by atoms with Crippen LogP contribution >= 0.6 is 34.5 Å². The lowest BCUT2D eigenvalue weighted by molar-refractivity contribution is -0.116. The number of benzene rings is 2. The molecule has 0 saturated carbocycles. The first-order chi connectivity index (χ1) is 13.7. The largest absolute Gasteiger partial charge is 0.326 e. The molecular weight excluding hydrogens is 460 g/mol. The molecule has 2 N–H and O–H groups in total. The number of nitrogens with zero attached hydrogens (tertiary/aromatic N) is 1. The van der Waals surface area contributed by atoms with Crippen LogP contribution in [0.2, 0.25) is 10.0 Å². The lowest BCUT2D eigenvalue weighted by Gasteiger charge is -2.06. The molecule has 0 unspecified atom stereocenters. The molecule has 1 heterocycles. The average Bonchev–Trinajstić information content (AvgIpc) is 3.10. The van der Waals surface area contributed by atoms with E-state index in [0.29, 0.717) is 27.8 Å². The van der Waals surface area contributed by atoms with E-state index in [1.54, 1.807) is 23.6 Å². The van der Waals surface area contributed by atoms with E-state index in [9.17, 15) is 17.6 Å². The summed E-state index contributed by atoms with van der Waals surface area (Å²) in [5.41, 5.74) is 1.09. The van der Waals surface area contributed by atoms with Gasteiger partial charge in [-0.3, -0.25) is 9.52 Å². The van der Waals surface area contributed by atoms with Crippen LogP contribution in [0.3, 0.4) is 0 Å². The number of carbonyl (C=O) groups excluding carboxylic acids is 1. The zero-order valence-corrected chi connectivity index (χ0v) is 17.8. The quantitative estimate of drug-likeness (QED) is 0.507. The molecule has 2 aromatic carbocycles. The van der Waals surface area contributed by atoms with Crippen molar-refractivity contribution in [2.75, 3.05) is 10.0 Å². The van der Waals surface area contributed by atoms with E-state index in [1.165, 1.54) is 12.1 Å². The minimum Gasteiger partial charge on any atom is -0.326 e. The van der Waals surface area contributed by atoms with Crippen LogP contribution in [0.15, 0.2) is 52.7 Å². The summed E-state index contributed by atoms with van der Waals surface area (Å²) in [7, 11) is -3.87. The smallest absolute Gasteiger partial charge is 0.263 e. The number of thiazole rings is 1. The lowest BCUT2D eigenvalue weighted by Crippen LogP contribution is -2.13. The molecular formula is C18H14Cl2FN3O3S2. The van der Waals surface area contributed by atoms with Crippen LogP contribution in [0, 0.1) is 5.82 Å². The first-order valence-corrected chi connectivity index (χ1v) is 11.3. The van der Waals surface area contributed by atoms with E-state index in [4.69, 9.17) is 23.2 Å². The zero-order chi connectivity index (χ0) is 21.0. The zero-order valence-electron chi connectivity index (χ0n) is 14.7. The highest BCUT2D eigenvalue weighted by atomic mass is 35.5. The number of anilines is 2. The summed E-state index contributed by atoms with van der Waals surface area (Å²) in [5.74, 6) is -0.774. The van der Waals surface area contributed by atoms with Crippen LogP contribution in [0.1, 0.15) is 12.1 Å². The number of amides is 1. The van der Waals surface area contributed by atoms with Gasteiger partial charge in [-0.2, -0.15) is 0 Å². The number of carbonyl (C=O) groups is 1. The fraction of sp³-hybridized carbons (Fsp3) is 0.111. The molecule has 0 spiro atoms. The van der Waals surface area contributed by atoms with Crippen molar-refractivity contribution < 1.29 is 17.6 Å². The second-order valence-electron chi connectivity index (χ2n) is 5.88. The van der Waals surface area contributed by atoms with Gasteiger partial charge in [0.25, 0.3) is 10.0 Å². The van der Waals surface area contributed by atoms with Crippen molar-refractivity contribution in [3.8, 4) is 0 Å². The molecule has 11 heteroatoms. The molecule has 3 rings (SSSR count). The van der Waals surface area contributed by atoms with E-state index in [0.717, 1.165) is 23.5 Å². The molecule has 1 amide bonds. The predicted molar refractivity (Wildman–Crippen MR) is 113 cm³/mol. The van der Waals surface area contributed by atoms with Gasteiger partial charge in [-0.1, -0.05) is 23.2 Å². The highest BCUT2D eigenvalue weighted by Crippen LogP contribution is 2.25. The first-order valence-electron chi connectivity index (χ1n) is 8.20. The van der Waals surface area contributed by atoms with Gasteiger partial charge in [0.1, 0.15) is 5.82 Å². The molecule has 152 valence electrons. The Balaban J connectivity index is 1.56. The number of aromatic nitrogens is 1. The average molecular weight is 474 g/mol. The molecule has 0 bridgehead atoms. The normalized spacial score (nSPS) is 11.3. The fourth-order valence-electron chi connectivity index (χ4n) is 2.30. The highest BCUT2D eigenvalue weighted by molar-refractivity contribution is 7.93. The monoisotopic (exact) mass is 473 g/mol. The Morgan fingerprint density at radius 3 is 2.52 bits per heavy atom. The third-order valence-electron chi connectivity index (χ3n) is 3.71. The van der Waals surface area contributed by atoms with Crippen LogP contribution in [0.25, 0.3) is 0 Å². The Morgan fingerprint density at radius 2 is 1.83 bits per heavy atom. The molecule has 0 atom stereocenters. The summed E-state index contributed by atoms with van der Waals surface area (Å²) in [5, 5.41) is 5.25. The number of aryl methyl sites for hydroxylation is 1. The molecule has 0 aliphatic rings. The minimum absolute atomic E-state index is 0.0725. The van der Waals surface area contributed by atoms with Crippen LogP contribution in [0.5, 0.6) is 0 Å². The Kier molecular flexibility index (Phi) is 6.74. The molecule has 0 aliphatic carbocycles. The lowest BCUT2D eigenvalue weighted by atomic mass is 10.2. The van der Waals surface area contributed by atoms with E-state index >= 15 is 0 Å². The maximum atomic E-state index is 13.0. The van der Waals surface area contributed by atoms with Crippen molar-refractivity contribution >= 4 is 61.3 Å². The molecule has 29 heavy (non-hydrogen) atoms. The third kappa shape index (κ3) is 5.89. The van der Waals surface area contributed by atoms with Crippen molar-refractivity contribution in [1.82, 2.24) is 4.98 Å². The standard InChI is InChI=1S/C18H14Cl2FN3O3S2/c19-15-7-3-12(9-16(15)20)22-17(25)8-4-13-10-28-18(23-13)24-29(26,27)14-5-1-11(21)2-6-14/h1-3,5-7,9-10H,4,8H2,(H,22,25)(H,23,24). The molecule has 0 aliphatic heterocycles. The topological polar surface area (TPSA) is 88.2 Å². The Morgan fingerprint density at radius 1 is 1.10 bits per heavy atom. The number of hydrogen-bond acceptors (Lipinski definition) is 5. The summed E-state index contributed by atoms with van der Waals surface area (Å²) in [6.45, 7) is 0. The van der Waals surface area contributed by atoms with E-state index < -0.39 is 15.8 Å². The second kappa shape index (κ2) is 9.08. The van der Waals surface area contributed by atoms with E-state index in [-0.39, 0.29) is 22.4 Å². The number of nitrogens with one attached hydrogen (secondary N) is 2. The van der Waals surface area contributed by atoms with Crippen LogP contribution < -0.4 is 10.0 Å². The molecule has 1 aromatic heterocycles. The van der Waals surface area contributed by atoms with Crippen LogP contribution in [-0.4, -0.2) is 19.3 Å². The number of halogens is 3. The van der Waals surface area contributed by atoms with Gasteiger partial charge in [0.15, 0.2) is 5.13 Å². The van der Waals surface area contributed by atoms with Gasteiger partial charge in [0.05, 0.1) is 20.6 Å². The van der Waals surface area contributed by atoms with Crippen molar-refractivity contribution in [1.29, 1.82) is 0 Å². The summed E-state index contributed by atoms with van der Waals surface area (Å²) in [6.07, 6.45) is 0.468. The number of hydrogen-bond donors (Lipinski definition) is 2. The summed E-state index contributed by atoms with van der Waals surface area (Å²) in [4.78, 5) is 16.2. The van der Waals surface area contributed by atoms with Crippen LogP contribution in [0.4, 0.5) is 15.2 Å². The Hall–Kier alpha value is -2.20. The van der Waals surface area contributed by atoms with Gasteiger partial charge < -0.3 is 5.32 Å². The van der Waals surface area contributed by atoms with Crippen molar-refractivity contribution in [3.05, 3.63) is 69.4 Å². The van der Waals surface area contributed by atoms with Crippen molar-refractivity contribution in [2.45, 2.75) is 17.7 Å². The van der Waals surface area contributed by atoms with Gasteiger partial charge in [-0.15, -0.1) is 11.3 Å². The Labute approximate surface area is 180 Å². The van der Waals surface area contributed by atoms with Gasteiger partial charge in [0, 0.05) is 17.5 Å². The van der Waals surface area contributed by atoms with E-state index in [2.05, 4.69) is 15.0 Å². The maximum Gasteiger partial charge on any atom is 0.263 e. The van der Waals surface area contributed by atoms with E-state index in [1.807, 2.05) is 0 Å². The van der Waals surface area contributed by atoms with Crippen molar-refractivity contribution in [2.24, 2.45) is 0 Å². The van der Waals surface area contributed by atoms with Crippen molar-refractivity contribution in [3.63, 3.8) is 0 Å². The number of rotatable bonds is 7. The van der Waals surface area contributed by atoms with Gasteiger partial charge >= 0.3 is 0 Å². The SMILES string of the molecule is O=C(CCc1csc(NS(=O)(=O)c2ccc(F)cc2)n1)Nc1ccc(Cl)c(Cl)c1. The minimum atomic E-state index is -3.87. The number of sulfonamides is 1. The van der Waals surface area contributed by atoms with Crippen LogP contribution in [-0.2, 0) is 21.2 Å².